The Bertz CT molecular complexity index is 687. The summed E-state index contributed by atoms with van der Waals surface area (Å²) in [6, 6.07) is 1.13. The van der Waals surface area contributed by atoms with Gasteiger partial charge >= 0.3 is 0 Å². The maximum absolute atomic E-state index is 12.2. The first-order valence-corrected chi connectivity index (χ1v) is 7.95. The number of hydrogen-bond donors (Lipinski definition) is 1. The first-order valence-electron chi connectivity index (χ1n) is 6.09. The molecule has 0 spiro atoms. The van der Waals surface area contributed by atoms with Crippen LogP contribution in [0.1, 0.15) is 25.8 Å². The van der Waals surface area contributed by atoms with E-state index >= 15 is 0 Å². The number of nitrogens with one attached hydrogen (secondary N) is 1. The Morgan fingerprint density at radius 1 is 1.48 bits per heavy atom. The van der Waals surface area contributed by atoms with E-state index in [-0.39, 0.29) is 27.7 Å². The van der Waals surface area contributed by atoms with E-state index in [1.807, 2.05) is 0 Å². The molecule has 0 saturated heterocycles. The lowest BCUT2D eigenvalue weighted by Crippen LogP contribution is -2.38. The highest BCUT2D eigenvalue weighted by Gasteiger charge is 2.25. The number of benzene rings is 1. The zero-order valence-corrected chi connectivity index (χ0v) is 13.3. The lowest BCUT2D eigenvalue weighted by molar-refractivity contribution is -0.385. The maximum atomic E-state index is 12.2. The van der Waals surface area contributed by atoms with E-state index in [0.29, 0.717) is 0 Å². The second-order valence-corrected chi connectivity index (χ2v) is 6.59. The Labute approximate surface area is 127 Å². The molecule has 21 heavy (non-hydrogen) atoms. The number of nitro groups is 1. The van der Waals surface area contributed by atoms with Crippen molar-refractivity contribution in [1.82, 2.24) is 4.72 Å². The van der Waals surface area contributed by atoms with E-state index < -0.39 is 26.7 Å². The average Bonchev–Trinajstić information content (AvgIpc) is 2.39. The fourth-order valence-corrected chi connectivity index (χ4v) is 3.21. The van der Waals surface area contributed by atoms with Crippen LogP contribution in [0.4, 0.5) is 5.69 Å². The van der Waals surface area contributed by atoms with Gasteiger partial charge in [0, 0.05) is 18.1 Å². The summed E-state index contributed by atoms with van der Waals surface area (Å²) in [5.74, 6) is -0.286. The normalized spacial score (nSPS) is 13.0. The summed E-state index contributed by atoms with van der Waals surface area (Å²) in [5.41, 5.74) is -0.212. The number of nitrogens with zero attached hydrogens (tertiary/aromatic N) is 1. The lowest BCUT2D eigenvalue weighted by atomic mass is 10.2. The van der Waals surface area contributed by atoms with Gasteiger partial charge in [0.1, 0.15) is 5.78 Å². The second kappa shape index (κ2) is 6.50. The minimum Gasteiger partial charge on any atom is -0.298 e. The molecule has 1 rings (SSSR count). The van der Waals surface area contributed by atoms with E-state index in [1.54, 1.807) is 6.92 Å². The molecule has 0 saturated carbocycles. The van der Waals surface area contributed by atoms with Crippen LogP contribution in [-0.2, 0) is 14.8 Å². The Morgan fingerprint density at radius 2 is 2.05 bits per heavy atom. The number of sulfonamides is 1. The third-order valence-electron chi connectivity index (χ3n) is 2.96. The third kappa shape index (κ3) is 3.99. The van der Waals surface area contributed by atoms with Crippen molar-refractivity contribution in [3.8, 4) is 0 Å². The number of carbonyl (C=O) groups excluding carboxylic acids is 1. The predicted octanol–water partition coefficient (Wildman–Crippen LogP) is 2.20. The second-order valence-electron chi connectivity index (χ2n) is 4.47. The fraction of sp³-hybridized carbons (Fsp3) is 0.417. The van der Waals surface area contributed by atoms with Gasteiger partial charge in [0.2, 0.25) is 10.0 Å². The van der Waals surface area contributed by atoms with Crippen molar-refractivity contribution in [2.45, 2.75) is 38.1 Å². The smallest absolute Gasteiger partial charge is 0.275 e. The summed E-state index contributed by atoms with van der Waals surface area (Å²) in [4.78, 5) is 21.3. The van der Waals surface area contributed by atoms with Gasteiger partial charge in [-0.3, -0.25) is 14.9 Å². The zero-order chi connectivity index (χ0) is 16.4. The molecule has 116 valence electrons. The number of carbonyl (C=O) groups is 1. The number of nitro benzene ring substituents is 1. The molecule has 7 nitrogen and oxygen atoms in total. The molecular weight excluding hydrogens is 320 g/mol. The Kier molecular flexibility index (Phi) is 5.43. The van der Waals surface area contributed by atoms with Crippen molar-refractivity contribution in [1.29, 1.82) is 0 Å². The highest BCUT2D eigenvalue weighted by atomic mass is 35.5. The van der Waals surface area contributed by atoms with E-state index in [1.165, 1.54) is 13.8 Å². The third-order valence-corrected chi connectivity index (χ3v) is 4.87. The van der Waals surface area contributed by atoms with E-state index in [4.69, 9.17) is 11.6 Å². The molecule has 0 amide bonds. The van der Waals surface area contributed by atoms with Gasteiger partial charge in [-0.25, -0.2) is 13.1 Å². The van der Waals surface area contributed by atoms with Crippen LogP contribution in [0.15, 0.2) is 17.0 Å². The summed E-state index contributed by atoms with van der Waals surface area (Å²) in [7, 11) is -4.07. The lowest BCUT2D eigenvalue weighted by Gasteiger charge is -2.13. The van der Waals surface area contributed by atoms with Crippen LogP contribution < -0.4 is 4.72 Å². The van der Waals surface area contributed by atoms with E-state index in [0.717, 1.165) is 12.1 Å². The number of ketones is 1. The predicted molar refractivity (Wildman–Crippen MR) is 77.9 cm³/mol. The van der Waals surface area contributed by atoms with Crippen molar-refractivity contribution in [2.24, 2.45) is 0 Å². The number of Topliss-reactive ketones (excluding diaryl/α,β-unsaturated/α-hetero) is 1. The van der Waals surface area contributed by atoms with Crippen molar-refractivity contribution >= 4 is 33.1 Å². The van der Waals surface area contributed by atoms with Crippen LogP contribution in [-0.4, -0.2) is 25.2 Å². The Morgan fingerprint density at radius 3 is 2.52 bits per heavy atom. The van der Waals surface area contributed by atoms with Crippen molar-refractivity contribution < 1.29 is 18.1 Å². The first kappa shape index (κ1) is 17.5. The minimum atomic E-state index is -4.07. The van der Waals surface area contributed by atoms with Gasteiger partial charge in [0.15, 0.2) is 0 Å². The monoisotopic (exact) mass is 334 g/mol. The van der Waals surface area contributed by atoms with Crippen LogP contribution in [0.25, 0.3) is 0 Å². The maximum Gasteiger partial charge on any atom is 0.275 e. The highest BCUT2D eigenvalue weighted by molar-refractivity contribution is 7.89. The number of halogens is 1. The molecular formula is C12H15ClN2O5S. The van der Waals surface area contributed by atoms with Crippen LogP contribution in [0.2, 0.25) is 5.02 Å². The van der Waals surface area contributed by atoms with Crippen LogP contribution in [0.3, 0.4) is 0 Å². The number of rotatable bonds is 6. The average molecular weight is 335 g/mol. The fourth-order valence-electron chi connectivity index (χ4n) is 1.66. The molecule has 0 fully saturated rings. The first-order chi connectivity index (χ1) is 9.60. The van der Waals surface area contributed by atoms with Crippen molar-refractivity contribution in [2.75, 3.05) is 0 Å². The quantitative estimate of drug-likeness (QED) is 0.634. The summed E-state index contributed by atoms with van der Waals surface area (Å²) >= 11 is 5.83. The summed E-state index contributed by atoms with van der Waals surface area (Å²) < 4.78 is 26.5. The molecule has 0 aromatic heterocycles. The number of hydrogen-bond acceptors (Lipinski definition) is 5. The summed E-state index contributed by atoms with van der Waals surface area (Å²) in [6.07, 6.45) is 0.179. The molecule has 0 aliphatic heterocycles. The Hall–Kier alpha value is -1.51. The van der Waals surface area contributed by atoms with Crippen LogP contribution in [0, 0.1) is 17.0 Å². The van der Waals surface area contributed by atoms with Gasteiger partial charge < -0.3 is 0 Å². The Balaban J connectivity index is 3.27. The van der Waals surface area contributed by atoms with Crippen molar-refractivity contribution in [3.63, 3.8) is 0 Å². The molecule has 1 aromatic carbocycles. The molecule has 0 radical (unpaired) electrons. The largest absolute Gasteiger partial charge is 0.298 e. The SMILES string of the molecule is CCC(=O)C(C)NS(=O)(=O)c1cc(Cl)c(C)c([N+](=O)[O-])c1. The van der Waals surface area contributed by atoms with Gasteiger partial charge in [-0.15, -0.1) is 0 Å². The molecule has 0 heterocycles. The molecule has 0 aliphatic carbocycles. The van der Waals surface area contributed by atoms with Crippen molar-refractivity contribution in [3.05, 3.63) is 32.8 Å². The minimum absolute atomic E-state index is 0.0287. The van der Waals surface area contributed by atoms with E-state index in [2.05, 4.69) is 4.72 Å². The van der Waals surface area contributed by atoms with Gasteiger partial charge in [-0.05, 0) is 19.9 Å². The standard InChI is InChI=1S/C12H15ClN2O5S/c1-4-12(16)8(3)14-21(19,20)9-5-10(13)7(2)11(6-9)15(17)18/h5-6,8,14H,4H2,1-3H3. The molecule has 0 bridgehead atoms. The molecule has 1 atom stereocenters. The van der Waals surface area contributed by atoms with Crippen LogP contribution in [0.5, 0.6) is 0 Å². The molecule has 1 aromatic rings. The molecule has 0 aliphatic rings. The van der Waals surface area contributed by atoms with Gasteiger partial charge in [-0.1, -0.05) is 18.5 Å². The van der Waals surface area contributed by atoms with Gasteiger partial charge in [0.05, 0.1) is 20.9 Å². The van der Waals surface area contributed by atoms with Crippen LogP contribution >= 0.6 is 11.6 Å². The van der Waals surface area contributed by atoms with E-state index in [9.17, 15) is 23.3 Å². The highest BCUT2D eigenvalue weighted by Crippen LogP contribution is 2.29. The van der Waals surface area contributed by atoms with Gasteiger partial charge in [0.25, 0.3) is 5.69 Å². The zero-order valence-electron chi connectivity index (χ0n) is 11.7. The molecule has 1 N–H and O–H groups in total. The topological polar surface area (TPSA) is 106 Å². The van der Waals surface area contributed by atoms with Gasteiger partial charge in [-0.2, -0.15) is 0 Å². The summed E-state index contributed by atoms with van der Waals surface area (Å²) in [6.45, 7) is 4.45. The molecule has 1 unspecified atom stereocenters. The molecule has 9 heteroatoms. The summed E-state index contributed by atoms with van der Waals surface area (Å²) in [5, 5.41) is 10.9.